The lowest BCUT2D eigenvalue weighted by Crippen LogP contribution is -2.29. The summed E-state index contributed by atoms with van der Waals surface area (Å²) in [6, 6.07) is 0. The molecule has 0 saturated heterocycles. The maximum atomic E-state index is 2.41. The predicted octanol–water partition coefficient (Wildman–Crippen LogP) is 6.59. The number of rotatable bonds is 4. The first-order valence-corrected chi connectivity index (χ1v) is 8.75. The van der Waals surface area contributed by atoms with Crippen molar-refractivity contribution in [1.29, 1.82) is 0 Å². The molecule has 0 aromatic rings. The summed E-state index contributed by atoms with van der Waals surface area (Å²) in [5, 5.41) is 0. The van der Waals surface area contributed by atoms with Crippen LogP contribution in [0.15, 0.2) is 0 Å². The average molecular weight is 252 g/mol. The molecule has 0 N–H and O–H groups in total. The molecule has 3 atom stereocenters. The Bertz CT molecular complexity index is 184. The summed E-state index contributed by atoms with van der Waals surface area (Å²) in [4.78, 5) is 0. The van der Waals surface area contributed by atoms with Gasteiger partial charge in [0.25, 0.3) is 0 Å². The molecule has 2 rings (SSSR count). The fourth-order valence-electron chi connectivity index (χ4n) is 4.78. The molecule has 1 spiro atoms. The molecule has 1 unspecified atom stereocenters. The summed E-state index contributed by atoms with van der Waals surface area (Å²) in [5.74, 6) is 2.17. The van der Waals surface area contributed by atoms with Crippen LogP contribution in [0, 0.1) is 17.3 Å². The fraction of sp³-hybridized carbons (Fsp3) is 1.00. The monoisotopic (exact) mass is 252 g/mol. The van der Waals surface area contributed by atoms with Crippen molar-refractivity contribution in [1.82, 2.24) is 0 Å². The number of hydrogen-bond acceptors (Lipinski definition) is 0. The molecule has 0 aromatic heterocycles. The molecule has 0 nitrogen and oxygen atoms in total. The van der Waals surface area contributed by atoms with Crippen molar-refractivity contribution in [3.63, 3.8) is 0 Å². The molecule has 0 heteroatoms. The van der Waals surface area contributed by atoms with Gasteiger partial charge in [0.2, 0.25) is 0 Å². The summed E-state index contributed by atoms with van der Waals surface area (Å²) >= 11 is 0. The van der Waals surface area contributed by atoms with Gasteiger partial charge in [-0.3, -0.25) is 0 Å². The van der Waals surface area contributed by atoms with Crippen molar-refractivity contribution >= 4 is 0 Å². The Balaban J connectivity index is 0.000000280. The van der Waals surface area contributed by atoms with Crippen LogP contribution in [0.5, 0.6) is 0 Å². The van der Waals surface area contributed by atoms with Crippen LogP contribution in [0.2, 0.25) is 0 Å². The summed E-state index contributed by atoms with van der Waals surface area (Å²) in [7, 11) is 0. The van der Waals surface area contributed by atoms with E-state index < -0.39 is 0 Å². The van der Waals surface area contributed by atoms with E-state index in [0.29, 0.717) is 0 Å². The quantitative estimate of drug-likeness (QED) is 0.529. The van der Waals surface area contributed by atoms with Gasteiger partial charge < -0.3 is 0 Å². The van der Waals surface area contributed by atoms with E-state index in [0.717, 1.165) is 17.3 Å². The minimum absolute atomic E-state index is 0.823. The Labute approximate surface area is 116 Å². The lowest BCUT2D eigenvalue weighted by Gasteiger charge is -2.37. The van der Waals surface area contributed by atoms with Gasteiger partial charge in [-0.15, -0.1) is 0 Å². The van der Waals surface area contributed by atoms with E-state index in [2.05, 4.69) is 27.7 Å². The molecule has 0 aromatic carbocycles. The van der Waals surface area contributed by atoms with E-state index in [4.69, 9.17) is 0 Å². The molecular weight excluding hydrogens is 216 g/mol. The second-order valence-corrected chi connectivity index (χ2v) is 6.58. The molecule has 2 fully saturated rings. The summed E-state index contributed by atoms with van der Waals surface area (Å²) in [6.07, 6.45) is 16.2. The fourth-order valence-corrected chi connectivity index (χ4v) is 4.78. The van der Waals surface area contributed by atoms with Crippen LogP contribution in [-0.4, -0.2) is 0 Å². The van der Waals surface area contributed by atoms with Crippen molar-refractivity contribution in [3.05, 3.63) is 0 Å². The van der Waals surface area contributed by atoms with Crippen LogP contribution in [0.3, 0.4) is 0 Å². The first kappa shape index (κ1) is 16.1. The van der Waals surface area contributed by atoms with Gasteiger partial charge in [0.05, 0.1) is 0 Å². The molecule has 18 heavy (non-hydrogen) atoms. The molecule has 0 bridgehead atoms. The van der Waals surface area contributed by atoms with Crippen LogP contribution >= 0.6 is 0 Å². The first-order chi connectivity index (χ1) is 8.75. The van der Waals surface area contributed by atoms with Crippen molar-refractivity contribution in [2.24, 2.45) is 17.3 Å². The molecule has 0 heterocycles. The van der Waals surface area contributed by atoms with Crippen LogP contribution in [-0.2, 0) is 0 Å². The zero-order valence-corrected chi connectivity index (χ0v) is 13.4. The van der Waals surface area contributed by atoms with Crippen molar-refractivity contribution in [3.8, 4) is 0 Å². The number of hydrogen-bond donors (Lipinski definition) is 0. The lowest BCUT2D eigenvalue weighted by atomic mass is 9.68. The Morgan fingerprint density at radius 3 is 1.50 bits per heavy atom. The molecule has 2 saturated carbocycles. The van der Waals surface area contributed by atoms with E-state index in [1.807, 2.05) is 0 Å². The standard InChI is InChI=1S/C13H24.C5H12/c1-3-11-7-5-9-13(11)10-6-8-12(13)4-2;1-3-5-4-2/h11-12H,3-10H2,1-2H3;3-5H2,1-2H3/t11-,12+,13?;. The Hall–Kier alpha value is 0. The van der Waals surface area contributed by atoms with Crippen molar-refractivity contribution < 1.29 is 0 Å². The Kier molecular flexibility index (Phi) is 7.34. The van der Waals surface area contributed by atoms with E-state index >= 15 is 0 Å². The van der Waals surface area contributed by atoms with E-state index in [9.17, 15) is 0 Å². The molecule has 0 radical (unpaired) electrons. The second-order valence-electron chi connectivity index (χ2n) is 6.58. The zero-order chi connectivity index (χ0) is 13.4. The maximum Gasteiger partial charge on any atom is -0.0241 e. The van der Waals surface area contributed by atoms with Crippen LogP contribution in [0.25, 0.3) is 0 Å². The lowest BCUT2D eigenvalue weighted by molar-refractivity contribution is 0.125. The second kappa shape index (κ2) is 8.23. The number of unbranched alkanes of at least 4 members (excludes halogenated alkanes) is 2. The van der Waals surface area contributed by atoms with Gasteiger partial charge in [0, 0.05) is 0 Å². The van der Waals surface area contributed by atoms with Gasteiger partial charge >= 0.3 is 0 Å². The van der Waals surface area contributed by atoms with E-state index in [1.165, 1.54) is 57.8 Å². The average Bonchev–Trinajstić information content (AvgIpc) is 2.99. The SMILES string of the molecule is CCCCC.CC[C@@H]1CCCC12CCC[C@@H]2CC. The zero-order valence-electron chi connectivity index (χ0n) is 13.4. The predicted molar refractivity (Wildman–Crippen MR) is 82.9 cm³/mol. The normalized spacial score (nSPS) is 34.7. The molecule has 0 amide bonds. The van der Waals surface area contributed by atoms with Crippen molar-refractivity contribution in [2.45, 2.75) is 98.3 Å². The van der Waals surface area contributed by atoms with Crippen LogP contribution in [0.4, 0.5) is 0 Å². The van der Waals surface area contributed by atoms with E-state index in [-0.39, 0.29) is 0 Å². The largest absolute Gasteiger partial charge is 0.0654 e. The van der Waals surface area contributed by atoms with Crippen LogP contribution < -0.4 is 0 Å². The highest BCUT2D eigenvalue weighted by Gasteiger charge is 2.48. The van der Waals surface area contributed by atoms with Gasteiger partial charge in [0.15, 0.2) is 0 Å². The maximum absolute atomic E-state index is 2.41. The Morgan fingerprint density at radius 1 is 0.778 bits per heavy atom. The molecule has 2 aliphatic carbocycles. The third-order valence-electron chi connectivity index (χ3n) is 5.71. The highest BCUT2D eigenvalue weighted by molar-refractivity contribution is 4.99. The molecule has 0 aliphatic heterocycles. The third-order valence-corrected chi connectivity index (χ3v) is 5.71. The van der Waals surface area contributed by atoms with E-state index in [1.54, 1.807) is 12.8 Å². The summed E-state index contributed by atoms with van der Waals surface area (Å²) in [6.45, 7) is 9.23. The van der Waals surface area contributed by atoms with Gasteiger partial charge in [-0.1, -0.05) is 72.6 Å². The third kappa shape index (κ3) is 3.52. The summed E-state index contributed by atoms with van der Waals surface area (Å²) in [5.41, 5.74) is 0.823. The highest BCUT2D eigenvalue weighted by Crippen LogP contribution is 2.59. The Morgan fingerprint density at radius 2 is 1.22 bits per heavy atom. The minimum Gasteiger partial charge on any atom is -0.0654 e. The molecule has 108 valence electrons. The highest BCUT2D eigenvalue weighted by atomic mass is 14.5. The van der Waals surface area contributed by atoms with Crippen molar-refractivity contribution in [2.75, 3.05) is 0 Å². The first-order valence-electron chi connectivity index (χ1n) is 8.75. The van der Waals surface area contributed by atoms with Gasteiger partial charge in [0.1, 0.15) is 0 Å². The summed E-state index contributed by atoms with van der Waals surface area (Å²) < 4.78 is 0. The molecule has 2 aliphatic rings. The smallest absolute Gasteiger partial charge is 0.0241 e. The molecular formula is C18H36. The van der Waals surface area contributed by atoms with Gasteiger partial charge in [-0.2, -0.15) is 0 Å². The topological polar surface area (TPSA) is 0 Å². The van der Waals surface area contributed by atoms with Crippen LogP contribution in [0.1, 0.15) is 98.3 Å². The van der Waals surface area contributed by atoms with Gasteiger partial charge in [-0.25, -0.2) is 0 Å². The van der Waals surface area contributed by atoms with Gasteiger partial charge in [-0.05, 0) is 42.9 Å². The minimum atomic E-state index is 0.823.